The molecule has 0 saturated heterocycles. The molecule has 1 aromatic rings. The van der Waals surface area contributed by atoms with E-state index < -0.39 is 0 Å². The van der Waals surface area contributed by atoms with Crippen molar-refractivity contribution < 1.29 is 4.74 Å². The maximum Gasteiger partial charge on any atom is 0.0591 e. The third-order valence-corrected chi connectivity index (χ3v) is 3.55. The van der Waals surface area contributed by atoms with E-state index in [9.17, 15) is 0 Å². The zero-order valence-electron chi connectivity index (χ0n) is 12.7. The average molecular weight is 263 g/mol. The molecule has 0 amide bonds. The summed E-state index contributed by atoms with van der Waals surface area (Å²) >= 11 is 0. The third-order valence-electron chi connectivity index (χ3n) is 3.55. The number of ether oxygens (including phenoxy) is 1. The summed E-state index contributed by atoms with van der Waals surface area (Å²) in [5, 5.41) is 3.34. The first-order valence-corrected chi connectivity index (χ1v) is 7.65. The Balaban J connectivity index is 2.16. The molecule has 0 fully saturated rings. The van der Waals surface area contributed by atoms with Crippen molar-refractivity contribution >= 4 is 0 Å². The molecule has 0 heterocycles. The summed E-state index contributed by atoms with van der Waals surface area (Å²) < 4.78 is 5.62. The first-order valence-electron chi connectivity index (χ1n) is 7.65. The zero-order valence-corrected chi connectivity index (χ0v) is 12.7. The fraction of sp³-hybridized carbons (Fsp3) is 0.647. The van der Waals surface area contributed by atoms with E-state index >= 15 is 0 Å². The van der Waals surface area contributed by atoms with E-state index in [0.29, 0.717) is 5.92 Å². The average Bonchev–Trinajstić information content (AvgIpc) is 2.46. The van der Waals surface area contributed by atoms with Crippen LogP contribution in [-0.2, 0) is 11.2 Å². The molecular formula is C17H29NO. The third kappa shape index (κ3) is 6.74. The molecule has 0 aliphatic carbocycles. The first kappa shape index (κ1) is 16.2. The molecule has 0 radical (unpaired) electrons. The fourth-order valence-corrected chi connectivity index (χ4v) is 1.99. The zero-order chi connectivity index (χ0) is 13.9. The Kier molecular flexibility index (Phi) is 8.52. The molecule has 2 nitrogen and oxygen atoms in total. The van der Waals surface area contributed by atoms with Crippen molar-refractivity contribution in [1.82, 2.24) is 5.32 Å². The van der Waals surface area contributed by atoms with Gasteiger partial charge in [0.05, 0.1) is 13.2 Å². The molecule has 108 valence electrons. The summed E-state index contributed by atoms with van der Waals surface area (Å²) in [6, 6.07) is 8.99. The molecule has 0 aromatic heterocycles. The van der Waals surface area contributed by atoms with Crippen LogP contribution in [0.4, 0.5) is 0 Å². The quantitative estimate of drug-likeness (QED) is 0.649. The monoisotopic (exact) mass is 263 g/mol. The molecular weight excluding hydrogens is 234 g/mol. The lowest BCUT2D eigenvalue weighted by atomic mass is 9.97. The van der Waals surface area contributed by atoms with Crippen LogP contribution in [0, 0.1) is 0 Å². The number of hydrogen-bond acceptors (Lipinski definition) is 2. The second-order valence-corrected chi connectivity index (χ2v) is 5.16. The van der Waals surface area contributed by atoms with Crippen LogP contribution < -0.4 is 5.32 Å². The van der Waals surface area contributed by atoms with E-state index in [1.807, 2.05) is 0 Å². The van der Waals surface area contributed by atoms with E-state index in [4.69, 9.17) is 4.74 Å². The summed E-state index contributed by atoms with van der Waals surface area (Å²) in [6.07, 6.45) is 3.39. The van der Waals surface area contributed by atoms with Crippen molar-refractivity contribution in [2.45, 2.75) is 46.0 Å². The predicted octanol–water partition coefficient (Wildman–Crippen LogP) is 3.76. The van der Waals surface area contributed by atoms with Gasteiger partial charge in [-0.1, -0.05) is 45.0 Å². The summed E-state index contributed by atoms with van der Waals surface area (Å²) in [6.45, 7) is 10.4. The second-order valence-electron chi connectivity index (χ2n) is 5.16. The van der Waals surface area contributed by atoms with Crippen LogP contribution in [-0.4, -0.2) is 26.3 Å². The molecule has 0 bridgehead atoms. The van der Waals surface area contributed by atoms with Gasteiger partial charge < -0.3 is 10.1 Å². The molecule has 0 aliphatic heterocycles. The number of rotatable bonds is 10. The van der Waals surface area contributed by atoms with Gasteiger partial charge in [-0.05, 0) is 42.9 Å². The Bertz CT molecular complexity index is 321. The lowest BCUT2D eigenvalue weighted by molar-refractivity contribution is 0.139. The minimum Gasteiger partial charge on any atom is -0.380 e. The molecule has 19 heavy (non-hydrogen) atoms. The van der Waals surface area contributed by atoms with Crippen LogP contribution >= 0.6 is 0 Å². The maximum absolute atomic E-state index is 5.62. The topological polar surface area (TPSA) is 21.3 Å². The summed E-state index contributed by atoms with van der Waals surface area (Å²) in [5.41, 5.74) is 2.81. The van der Waals surface area contributed by atoms with E-state index in [2.05, 4.69) is 50.4 Å². The largest absolute Gasteiger partial charge is 0.380 e. The van der Waals surface area contributed by atoms with Gasteiger partial charge in [0, 0.05) is 6.54 Å². The lowest BCUT2D eigenvalue weighted by Gasteiger charge is -2.10. The van der Waals surface area contributed by atoms with Crippen LogP contribution in [0.25, 0.3) is 0 Å². The Morgan fingerprint density at radius 2 is 1.79 bits per heavy atom. The molecule has 0 saturated carbocycles. The minimum absolute atomic E-state index is 0.662. The van der Waals surface area contributed by atoms with Gasteiger partial charge in [-0.25, -0.2) is 0 Å². The van der Waals surface area contributed by atoms with Crippen molar-refractivity contribution in [3.05, 3.63) is 35.4 Å². The molecule has 1 unspecified atom stereocenters. The van der Waals surface area contributed by atoms with Gasteiger partial charge >= 0.3 is 0 Å². The maximum atomic E-state index is 5.62. The SMILES string of the molecule is CCCNCCOCCc1ccc(C(C)CC)cc1. The van der Waals surface area contributed by atoms with Crippen LogP contribution in [0.2, 0.25) is 0 Å². The van der Waals surface area contributed by atoms with Crippen LogP contribution in [0.5, 0.6) is 0 Å². The van der Waals surface area contributed by atoms with Crippen molar-refractivity contribution in [1.29, 1.82) is 0 Å². The van der Waals surface area contributed by atoms with Crippen LogP contribution in [0.3, 0.4) is 0 Å². The Labute approximate surface area is 118 Å². The van der Waals surface area contributed by atoms with Crippen molar-refractivity contribution in [2.75, 3.05) is 26.3 Å². The van der Waals surface area contributed by atoms with Crippen LogP contribution in [0.1, 0.15) is 50.7 Å². The van der Waals surface area contributed by atoms with Gasteiger partial charge in [0.15, 0.2) is 0 Å². The predicted molar refractivity (Wildman–Crippen MR) is 82.8 cm³/mol. The summed E-state index contributed by atoms with van der Waals surface area (Å²) in [7, 11) is 0. The molecule has 1 N–H and O–H groups in total. The van der Waals surface area contributed by atoms with Gasteiger partial charge in [-0.3, -0.25) is 0 Å². The highest BCUT2D eigenvalue weighted by molar-refractivity contribution is 5.25. The van der Waals surface area contributed by atoms with E-state index in [1.165, 1.54) is 24.0 Å². The first-order chi connectivity index (χ1) is 9.27. The highest BCUT2D eigenvalue weighted by Gasteiger charge is 2.02. The summed E-state index contributed by atoms with van der Waals surface area (Å²) in [5.74, 6) is 0.662. The van der Waals surface area contributed by atoms with Crippen molar-refractivity contribution in [3.63, 3.8) is 0 Å². The van der Waals surface area contributed by atoms with Gasteiger partial charge in [0.2, 0.25) is 0 Å². The summed E-state index contributed by atoms with van der Waals surface area (Å²) in [4.78, 5) is 0. The van der Waals surface area contributed by atoms with Crippen molar-refractivity contribution in [3.8, 4) is 0 Å². The van der Waals surface area contributed by atoms with E-state index in [1.54, 1.807) is 0 Å². The highest BCUT2D eigenvalue weighted by atomic mass is 16.5. The van der Waals surface area contributed by atoms with E-state index in [0.717, 1.165) is 32.7 Å². The highest BCUT2D eigenvalue weighted by Crippen LogP contribution is 2.18. The molecule has 1 aromatic carbocycles. The standard InChI is InChI=1S/C17H29NO/c1-4-11-18-12-14-19-13-10-16-6-8-17(9-7-16)15(3)5-2/h6-9,15,18H,4-5,10-14H2,1-3H3. The number of benzene rings is 1. The fourth-order valence-electron chi connectivity index (χ4n) is 1.99. The Morgan fingerprint density at radius 3 is 2.42 bits per heavy atom. The van der Waals surface area contributed by atoms with Gasteiger partial charge in [0.1, 0.15) is 0 Å². The minimum atomic E-state index is 0.662. The van der Waals surface area contributed by atoms with Gasteiger partial charge in [0.25, 0.3) is 0 Å². The normalized spacial score (nSPS) is 12.6. The number of hydrogen-bond donors (Lipinski definition) is 1. The van der Waals surface area contributed by atoms with E-state index in [-0.39, 0.29) is 0 Å². The smallest absolute Gasteiger partial charge is 0.0591 e. The molecule has 1 atom stereocenters. The Morgan fingerprint density at radius 1 is 1.05 bits per heavy atom. The Hall–Kier alpha value is -0.860. The molecule has 0 spiro atoms. The van der Waals surface area contributed by atoms with Gasteiger partial charge in [-0.2, -0.15) is 0 Å². The van der Waals surface area contributed by atoms with Gasteiger partial charge in [-0.15, -0.1) is 0 Å². The second kappa shape index (κ2) is 9.99. The molecule has 2 heteroatoms. The van der Waals surface area contributed by atoms with Crippen molar-refractivity contribution in [2.24, 2.45) is 0 Å². The lowest BCUT2D eigenvalue weighted by Crippen LogP contribution is -2.20. The number of nitrogens with one attached hydrogen (secondary N) is 1. The molecule has 0 aliphatic rings. The van der Waals surface area contributed by atoms with Crippen LogP contribution in [0.15, 0.2) is 24.3 Å². The molecule has 1 rings (SSSR count).